The molecule has 0 spiro atoms. The summed E-state index contributed by atoms with van der Waals surface area (Å²) in [5, 5.41) is 11.8. The van der Waals surface area contributed by atoms with Gasteiger partial charge in [-0.2, -0.15) is 5.26 Å². The molecule has 2 aliphatic rings. The molecule has 9 rings (SSSR count). The minimum Gasteiger partial charge on any atom is -0.208 e. The van der Waals surface area contributed by atoms with E-state index in [0.717, 1.165) is 55.5 Å². The summed E-state index contributed by atoms with van der Waals surface area (Å²) in [6.45, 7) is 4.85. The predicted octanol–water partition coefficient (Wildman–Crippen LogP) is 12.3. The van der Waals surface area contributed by atoms with Crippen LogP contribution in [-0.4, -0.2) is 15.0 Å². The van der Waals surface area contributed by atoms with E-state index >= 15 is 0 Å². The third-order valence-electron chi connectivity index (χ3n) is 11.6. The zero-order valence-electron chi connectivity index (χ0n) is 29.1. The summed E-state index contributed by atoms with van der Waals surface area (Å²) in [5.41, 5.74) is 7.63. The van der Waals surface area contributed by atoms with Crippen molar-refractivity contribution >= 4 is 31.5 Å². The lowest BCUT2D eigenvalue weighted by molar-refractivity contribution is 0.0702. The first-order valence-corrected chi connectivity index (χ1v) is 19.2. The number of hydrogen-bond acceptors (Lipinski definition) is 5. The lowest BCUT2D eigenvalue weighted by Crippen LogP contribution is -2.42. The lowest BCUT2D eigenvalue weighted by Gasteiger charge is -2.51. The molecule has 2 fully saturated rings. The summed E-state index contributed by atoms with van der Waals surface area (Å²) in [6.07, 6.45) is 8.05. The van der Waals surface area contributed by atoms with E-state index in [-0.39, 0.29) is 0 Å². The van der Waals surface area contributed by atoms with Crippen LogP contribution in [0.25, 0.3) is 65.5 Å². The second kappa shape index (κ2) is 12.9. The van der Waals surface area contributed by atoms with Crippen molar-refractivity contribution in [2.24, 2.45) is 17.8 Å². The molecule has 5 aromatic carbocycles. The van der Waals surface area contributed by atoms with E-state index in [1.807, 2.05) is 36.4 Å². The molecule has 2 saturated carbocycles. The first-order valence-electron chi connectivity index (χ1n) is 18.4. The third-order valence-corrected chi connectivity index (χ3v) is 12.7. The third kappa shape index (κ3) is 5.82. The van der Waals surface area contributed by atoms with E-state index in [4.69, 9.17) is 15.0 Å². The standard InChI is InChI=1S/C46H40N4S/c1-3-30-22-32-21-29(2)25-46(26-30,27-32)36-17-14-33(15-18-36)37-11-7-8-12-38(37)45-49-43(34-9-5-4-6-10-34)48-44(50-45)35-16-20-42-40(24-35)39-23-31(28-47)13-19-41(39)51-42/h4-20,23-24,29-30,32H,3,21-22,25-27H2,1-2H3/t29-,30+,32-,46?/m0/s1. The molecule has 0 saturated heterocycles. The van der Waals surface area contributed by atoms with Crippen LogP contribution in [0.1, 0.15) is 63.5 Å². The Hall–Kier alpha value is -5.18. The summed E-state index contributed by atoms with van der Waals surface area (Å²) >= 11 is 1.74. The van der Waals surface area contributed by atoms with Gasteiger partial charge in [0.1, 0.15) is 0 Å². The Bertz CT molecular complexity index is 2440. The minimum absolute atomic E-state index is 0.304. The van der Waals surface area contributed by atoms with Crippen LogP contribution in [0.15, 0.2) is 115 Å². The van der Waals surface area contributed by atoms with Gasteiger partial charge in [-0.1, -0.05) is 99.1 Å². The molecule has 0 N–H and O–H groups in total. The van der Waals surface area contributed by atoms with E-state index < -0.39 is 0 Å². The van der Waals surface area contributed by atoms with E-state index in [2.05, 4.69) is 98.8 Å². The van der Waals surface area contributed by atoms with Crippen LogP contribution in [0, 0.1) is 29.1 Å². The molecule has 4 atom stereocenters. The number of benzene rings is 5. The molecule has 2 bridgehead atoms. The van der Waals surface area contributed by atoms with Crippen LogP contribution >= 0.6 is 11.3 Å². The van der Waals surface area contributed by atoms with Crippen LogP contribution in [0.3, 0.4) is 0 Å². The number of nitriles is 1. The number of aromatic nitrogens is 3. The Labute approximate surface area is 303 Å². The van der Waals surface area contributed by atoms with Gasteiger partial charge in [0.15, 0.2) is 17.5 Å². The van der Waals surface area contributed by atoms with Gasteiger partial charge in [-0.25, -0.2) is 15.0 Å². The van der Waals surface area contributed by atoms with Crippen LogP contribution in [0.4, 0.5) is 0 Å². The number of thiophene rings is 1. The SMILES string of the molecule is CC[C@@H]1C[C@@H]2C[C@H](C)CC(c3ccc(-c4ccccc4-c4nc(-c5ccccc5)nc(-c5ccc6sc7ccc(C#N)cc7c6c5)n4)cc3)(C1)C2. The van der Waals surface area contributed by atoms with Gasteiger partial charge in [0, 0.05) is 36.9 Å². The first-order chi connectivity index (χ1) is 25.0. The topological polar surface area (TPSA) is 62.5 Å². The highest BCUT2D eigenvalue weighted by atomic mass is 32.1. The van der Waals surface area contributed by atoms with Gasteiger partial charge in [-0.15, -0.1) is 11.3 Å². The molecule has 2 heterocycles. The molecule has 1 unspecified atom stereocenters. The van der Waals surface area contributed by atoms with Crippen molar-refractivity contribution in [2.45, 2.75) is 57.8 Å². The average Bonchev–Trinajstić information content (AvgIpc) is 3.55. The van der Waals surface area contributed by atoms with Crippen LogP contribution in [-0.2, 0) is 5.41 Å². The van der Waals surface area contributed by atoms with Gasteiger partial charge in [-0.3, -0.25) is 0 Å². The Morgan fingerprint density at radius 1 is 0.667 bits per heavy atom. The molecule has 4 nitrogen and oxygen atoms in total. The molecule has 7 aromatic rings. The number of fused-ring (bicyclic) bond motifs is 5. The number of rotatable bonds is 6. The predicted molar refractivity (Wildman–Crippen MR) is 210 cm³/mol. The van der Waals surface area contributed by atoms with Crippen molar-refractivity contribution in [1.82, 2.24) is 15.0 Å². The van der Waals surface area contributed by atoms with Gasteiger partial charge < -0.3 is 0 Å². The fraction of sp³-hybridized carbons (Fsp3) is 0.261. The zero-order chi connectivity index (χ0) is 34.5. The lowest BCUT2D eigenvalue weighted by atomic mass is 9.54. The first kappa shape index (κ1) is 31.8. The zero-order valence-corrected chi connectivity index (χ0v) is 30.0. The highest BCUT2D eigenvalue weighted by Crippen LogP contribution is 2.55. The van der Waals surface area contributed by atoms with Crippen molar-refractivity contribution in [2.75, 3.05) is 0 Å². The molecular weight excluding hydrogens is 641 g/mol. The molecule has 51 heavy (non-hydrogen) atoms. The van der Waals surface area contributed by atoms with Crippen molar-refractivity contribution in [3.8, 4) is 51.4 Å². The van der Waals surface area contributed by atoms with Crippen molar-refractivity contribution in [3.63, 3.8) is 0 Å². The molecule has 0 aliphatic heterocycles. The normalized spacial score (nSPS) is 21.5. The Morgan fingerprint density at radius 2 is 1.33 bits per heavy atom. The fourth-order valence-corrected chi connectivity index (χ4v) is 10.5. The van der Waals surface area contributed by atoms with E-state index in [0.29, 0.717) is 28.5 Å². The maximum atomic E-state index is 9.58. The largest absolute Gasteiger partial charge is 0.208 e. The maximum Gasteiger partial charge on any atom is 0.164 e. The van der Waals surface area contributed by atoms with Crippen LogP contribution < -0.4 is 0 Å². The quantitative estimate of drug-likeness (QED) is 0.175. The van der Waals surface area contributed by atoms with E-state index in [9.17, 15) is 5.26 Å². The Morgan fingerprint density at radius 3 is 2.10 bits per heavy atom. The van der Waals surface area contributed by atoms with Gasteiger partial charge in [-0.05, 0) is 108 Å². The van der Waals surface area contributed by atoms with E-state index in [1.54, 1.807) is 11.3 Å². The van der Waals surface area contributed by atoms with Gasteiger partial charge in [0.2, 0.25) is 0 Å². The van der Waals surface area contributed by atoms with Gasteiger partial charge in [0.05, 0.1) is 11.6 Å². The number of nitrogens with zero attached hydrogens (tertiary/aromatic N) is 4. The Kier molecular flexibility index (Phi) is 8.01. The maximum absolute atomic E-state index is 9.58. The molecule has 0 radical (unpaired) electrons. The molecule has 2 aliphatic carbocycles. The van der Waals surface area contributed by atoms with Gasteiger partial charge >= 0.3 is 0 Å². The summed E-state index contributed by atoms with van der Waals surface area (Å²) in [4.78, 5) is 15.3. The van der Waals surface area contributed by atoms with Gasteiger partial charge in [0.25, 0.3) is 0 Å². The fourth-order valence-electron chi connectivity index (χ4n) is 9.42. The molecule has 0 amide bonds. The summed E-state index contributed by atoms with van der Waals surface area (Å²) in [6, 6.07) is 42.8. The summed E-state index contributed by atoms with van der Waals surface area (Å²) < 4.78 is 2.33. The van der Waals surface area contributed by atoms with Crippen LogP contribution in [0.5, 0.6) is 0 Å². The average molecular weight is 681 g/mol. The van der Waals surface area contributed by atoms with Crippen molar-refractivity contribution in [1.29, 1.82) is 5.26 Å². The van der Waals surface area contributed by atoms with Crippen molar-refractivity contribution in [3.05, 3.63) is 126 Å². The molecule has 5 heteroatoms. The van der Waals surface area contributed by atoms with Crippen LogP contribution in [0.2, 0.25) is 0 Å². The smallest absolute Gasteiger partial charge is 0.164 e. The second-order valence-electron chi connectivity index (χ2n) is 15.0. The summed E-state index contributed by atoms with van der Waals surface area (Å²) in [7, 11) is 0. The minimum atomic E-state index is 0.304. The van der Waals surface area contributed by atoms with Crippen molar-refractivity contribution < 1.29 is 0 Å². The molecular formula is C46H40N4S. The molecule has 250 valence electrons. The molecule has 2 aromatic heterocycles. The van der Waals surface area contributed by atoms with E-state index in [1.165, 1.54) is 54.4 Å². The second-order valence-corrected chi connectivity index (χ2v) is 16.1. The summed E-state index contributed by atoms with van der Waals surface area (Å²) in [5.74, 6) is 4.41. The Balaban J connectivity index is 1.14. The number of hydrogen-bond donors (Lipinski definition) is 0. The monoisotopic (exact) mass is 680 g/mol. The highest BCUT2D eigenvalue weighted by Gasteiger charge is 2.45. The highest BCUT2D eigenvalue weighted by molar-refractivity contribution is 7.25.